The van der Waals surface area contributed by atoms with Gasteiger partial charge in [0.15, 0.2) is 0 Å². The molecule has 0 aromatic rings. The highest BCUT2D eigenvalue weighted by Crippen LogP contribution is 2.65. The van der Waals surface area contributed by atoms with Crippen LogP contribution in [0.4, 0.5) is 0 Å². The molecule has 0 aromatic carbocycles. The van der Waals surface area contributed by atoms with Crippen LogP contribution in [0.3, 0.4) is 0 Å². The number of fused-ring (bicyclic) bond motifs is 5. The van der Waals surface area contributed by atoms with Crippen molar-refractivity contribution >= 4 is 5.71 Å². The van der Waals surface area contributed by atoms with Crippen molar-refractivity contribution in [1.82, 2.24) is 4.90 Å². The third kappa shape index (κ3) is 3.90. The molecule has 0 bridgehead atoms. The number of hydrogen-bond donors (Lipinski definition) is 1. The SMILES string of the molecule is CC(=NOCCN1CCCCC1)C1=CC[C@H]2[C@@H]3CC=C4CC(O)CC[C@]4(C)[C@H]3CC[C@]12C. The van der Waals surface area contributed by atoms with Crippen LogP contribution in [0.1, 0.15) is 85.0 Å². The molecule has 0 amide bonds. The zero-order valence-electron chi connectivity index (χ0n) is 20.6. The highest BCUT2D eigenvalue weighted by Gasteiger charge is 2.56. The van der Waals surface area contributed by atoms with E-state index in [9.17, 15) is 5.11 Å². The number of allylic oxidation sites excluding steroid dienone is 3. The third-order valence-electron chi connectivity index (χ3n) is 10.2. The Morgan fingerprint density at radius 2 is 1.84 bits per heavy atom. The van der Waals surface area contributed by atoms with Crippen LogP contribution in [0.2, 0.25) is 0 Å². The van der Waals surface area contributed by atoms with Crippen LogP contribution in [-0.2, 0) is 4.84 Å². The van der Waals surface area contributed by atoms with Crippen LogP contribution in [-0.4, -0.2) is 48.1 Å². The molecule has 1 heterocycles. The lowest BCUT2D eigenvalue weighted by Crippen LogP contribution is -2.50. The van der Waals surface area contributed by atoms with E-state index in [1.807, 2.05) is 0 Å². The zero-order valence-corrected chi connectivity index (χ0v) is 20.6. The molecule has 0 radical (unpaired) electrons. The lowest BCUT2D eigenvalue weighted by atomic mass is 9.47. The molecule has 4 nitrogen and oxygen atoms in total. The molecule has 1 N–H and O–H groups in total. The molecule has 3 fully saturated rings. The van der Waals surface area contributed by atoms with Crippen LogP contribution >= 0.6 is 0 Å². The lowest BCUT2D eigenvalue weighted by molar-refractivity contribution is -0.0280. The summed E-state index contributed by atoms with van der Waals surface area (Å²) in [6.07, 6.45) is 16.9. The first-order chi connectivity index (χ1) is 15.4. The summed E-state index contributed by atoms with van der Waals surface area (Å²) in [5.41, 5.74) is 4.67. The van der Waals surface area contributed by atoms with E-state index >= 15 is 0 Å². The normalized spacial score (nSPS) is 42.4. The highest BCUT2D eigenvalue weighted by molar-refractivity contribution is 5.99. The van der Waals surface area contributed by atoms with Gasteiger partial charge >= 0.3 is 0 Å². The number of rotatable bonds is 5. The molecule has 6 atom stereocenters. The van der Waals surface area contributed by atoms with Crippen molar-refractivity contribution in [2.24, 2.45) is 33.7 Å². The van der Waals surface area contributed by atoms with Crippen LogP contribution < -0.4 is 0 Å². The standard InChI is InChI=1S/C28H44N2O2/c1-20(29-32-18-17-30-15-5-4-6-16-30)24-9-10-25-23-8-7-21-19-22(31)11-13-27(21,2)26(23)12-14-28(24,25)3/h7,9,22-23,25-26,31H,4-6,8,10-19H2,1-3H3/t22?,23-,25-,26-,27-,28+/m0/s1. The maximum Gasteiger partial charge on any atom is 0.129 e. The molecular weight excluding hydrogens is 396 g/mol. The van der Waals surface area contributed by atoms with Gasteiger partial charge in [0.2, 0.25) is 0 Å². The number of likely N-dealkylation sites (tertiary alicyclic amines) is 1. The number of nitrogens with zero attached hydrogens (tertiary/aromatic N) is 2. The van der Waals surface area contributed by atoms with E-state index in [4.69, 9.17) is 4.84 Å². The molecule has 4 aliphatic carbocycles. The number of hydrogen-bond acceptors (Lipinski definition) is 4. The first-order valence-corrected chi connectivity index (χ1v) is 13.4. The summed E-state index contributed by atoms with van der Waals surface area (Å²) in [5.74, 6) is 2.26. The summed E-state index contributed by atoms with van der Waals surface area (Å²) in [6.45, 7) is 11.3. The predicted molar refractivity (Wildman–Crippen MR) is 131 cm³/mol. The number of oxime groups is 1. The Morgan fingerprint density at radius 3 is 2.66 bits per heavy atom. The minimum atomic E-state index is -0.117. The smallest absolute Gasteiger partial charge is 0.129 e. The van der Waals surface area contributed by atoms with Crippen molar-refractivity contribution in [3.05, 3.63) is 23.3 Å². The molecule has 1 saturated heterocycles. The van der Waals surface area contributed by atoms with Gasteiger partial charge in [-0.05, 0) is 112 Å². The molecule has 0 spiro atoms. The Balaban J connectivity index is 1.24. The minimum absolute atomic E-state index is 0.117. The Morgan fingerprint density at radius 1 is 1.06 bits per heavy atom. The van der Waals surface area contributed by atoms with Gasteiger partial charge in [-0.2, -0.15) is 0 Å². The second-order valence-electron chi connectivity index (χ2n) is 11.9. The maximum absolute atomic E-state index is 10.2. The topological polar surface area (TPSA) is 45.1 Å². The van der Waals surface area contributed by atoms with E-state index in [2.05, 4.69) is 43.0 Å². The fourth-order valence-electron chi connectivity index (χ4n) is 8.31. The fourth-order valence-corrected chi connectivity index (χ4v) is 8.31. The second-order valence-corrected chi connectivity index (χ2v) is 11.9. The number of aliphatic hydroxyl groups is 1. The molecule has 178 valence electrons. The molecule has 2 saturated carbocycles. The average Bonchev–Trinajstić information content (AvgIpc) is 3.15. The van der Waals surface area contributed by atoms with Gasteiger partial charge < -0.3 is 9.94 Å². The maximum atomic E-state index is 10.2. The van der Waals surface area contributed by atoms with Crippen LogP contribution in [0.5, 0.6) is 0 Å². The Kier molecular flexibility index (Phi) is 6.30. The summed E-state index contributed by atoms with van der Waals surface area (Å²) >= 11 is 0. The van der Waals surface area contributed by atoms with E-state index in [1.165, 1.54) is 63.6 Å². The van der Waals surface area contributed by atoms with Crippen molar-refractivity contribution in [2.45, 2.75) is 91.1 Å². The van der Waals surface area contributed by atoms with Crippen molar-refractivity contribution in [3.63, 3.8) is 0 Å². The van der Waals surface area contributed by atoms with E-state index in [1.54, 1.807) is 5.57 Å². The molecule has 1 aliphatic heterocycles. The molecular formula is C28H44N2O2. The Bertz CT molecular complexity index is 795. The Hall–Kier alpha value is -1.13. The summed E-state index contributed by atoms with van der Waals surface area (Å²) in [4.78, 5) is 8.32. The third-order valence-corrected chi connectivity index (χ3v) is 10.2. The van der Waals surface area contributed by atoms with Gasteiger partial charge in [0.1, 0.15) is 6.61 Å². The molecule has 0 aromatic heterocycles. The first kappa shape index (κ1) is 22.7. The summed E-state index contributed by atoms with van der Waals surface area (Å²) in [5, 5.41) is 14.8. The largest absolute Gasteiger partial charge is 0.394 e. The van der Waals surface area contributed by atoms with Gasteiger partial charge in [0, 0.05) is 6.54 Å². The Labute approximate surface area is 195 Å². The quantitative estimate of drug-likeness (QED) is 0.257. The van der Waals surface area contributed by atoms with E-state index in [0.717, 1.165) is 49.3 Å². The molecule has 5 rings (SSSR count). The van der Waals surface area contributed by atoms with E-state index < -0.39 is 0 Å². The molecule has 4 heteroatoms. The van der Waals surface area contributed by atoms with Gasteiger partial charge in [-0.15, -0.1) is 0 Å². The zero-order chi connectivity index (χ0) is 22.3. The molecule has 5 aliphatic rings. The molecule has 1 unspecified atom stereocenters. The van der Waals surface area contributed by atoms with Crippen molar-refractivity contribution in [3.8, 4) is 0 Å². The monoisotopic (exact) mass is 440 g/mol. The molecule has 32 heavy (non-hydrogen) atoms. The van der Waals surface area contributed by atoms with Gasteiger partial charge in [-0.25, -0.2) is 0 Å². The van der Waals surface area contributed by atoms with Gasteiger partial charge in [-0.1, -0.05) is 43.1 Å². The summed E-state index contributed by atoms with van der Waals surface area (Å²) < 4.78 is 0. The summed E-state index contributed by atoms with van der Waals surface area (Å²) in [7, 11) is 0. The highest BCUT2D eigenvalue weighted by atomic mass is 16.6. The average molecular weight is 441 g/mol. The fraction of sp³-hybridized carbons (Fsp3) is 0.821. The second kappa shape index (κ2) is 8.91. The van der Waals surface area contributed by atoms with E-state index in [0.29, 0.717) is 12.0 Å². The van der Waals surface area contributed by atoms with Crippen molar-refractivity contribution in [2.75, 3.05) is 26.2 Å². The van der Waals surface area contributed by atoms with Crippen LogP contribution in [0.15, 0.2) is 28.5 Å². The number of aliphatic hydroxyl groups excluding tert-OH is 1. The van der Waals surface area contributed by atoms with Crippen molar-refractivity contribution < 1.29 is 9.94 Å². The van der Waals surface area contributed by atoms with Gasteiger partial charge in [0.25, 0.3) is 0 Å². The summed E-state index contributed by atoms with van der Waals surface area (Å²) in [6, 6.07) is 0. The van der Waals surface area contributed by atoms with Crippen molar-refractivity contribution in [1.29, 1.82) is 0 Å². The van der Waals surface area contributed by atoms with Gasteiger partial charge in [-0.3, -0.25) is 4.90 Å². The predicted octanol–water partition coefficient (Wildman–Crippen LogP) is 5.72. The van der Waals surface area contributed by atoms with E-state index in [-0.39, 0.29) is 11.5 Å². The van der Waals surface area contributed by atoms with Crippen LogP contribution in [0.25, 0.3) is 0 Å². The lowest BCUT2D eigenvalue weighted by Gasteiger charge is -2.57. The van der Waals surface area contributed by atoms with Crippen LogP contribution in [0, 0.1) is 28.6 Å². The number of piperidine rings is 1. The first-order valence-electron chi connectivity index (χ1n) is 13.4. The minimum Gasteiger partial charge on any atom is -0.394 e. The van der Waals surface area contributed by atoms with Gasteiger partial charge in [0.05, 0.1) is 11.8 Å².